The van der Waals surface area contributed by atoms with Gasteiger partial charge in [-0.05, 0) is 49.2 Å². The number of amides is 1. The van der Waals surface area contributed by atoms with E-state index in [9.17, 15) is 26.8 Å². The first kappa shape index (κ1) is 20.7. The molecule has 2 aromatic rings. The van der Waals surface area contributed by atoms with Crippen LogP contribution in [-0.4, -0.2) is 39.2 Å². The van der Waals surface area contributed by atoms with Crippen molar-refractivity contribution in [1.82, 2.24) is 0 Å². The van der Waals surface area contributed by atoms with Crippen LogP contribution in [0.15, 0.2) is 36.4 Å². The zero-order chi connectivity index (χ0) is 21.3. The minimum atomic E-state index is -3.41. The summed E-state index contributed by atoms with van der Waals surface area (Å²) in [4.78, 5) is 24.5. The highest BCUT2D eigenvalue weighted by Gasteiger charge is 2.27. The maximum atomic E-state index is 13.6. The van der Waals surface area contributed by atoms with Crippen molar-refractivity contribution < 1.29 is 31.5 Å². The van der Waals surface area contributed by atoms with Crippen molar-refractivity contribution in [2.24, 2.45) is 0 Å². The first-order chi connectivity index (χ1) is 13.6. The van der Waals surface area contributed by atoms with Crippen molar-refractivity contribution >= 4 is 33.3 Å². The van der Waals surface area contributed by atoms with E-state index in [2.05, 4.69) is 5.32 Å². The Hall–Kier alpha value is -3.01. The van der Waals surface area contributed by atoms with Crippen molar-refractivity contribution in [1.29, 1.82) is 0 Å². The number of ether oxygens (including phenoxy) is 1. The van der Waals surface area contributed by atoms with Gasteiger partial charge in [0, 0.05) is 12.6 Å². The Balaban J connectivity index is 1.69. The molecule has 10 heteroatoms. The normalized spacial score (nSPS) is 14.3. The third kappa shape index (κ3) is 4.53. The van der Waals surface area contributed by atoms with E-state index in [4.69, 9.17) is 4.74 Å². The number of nitrogens with one attached hydrogen (secondary N) is 1. The van der Waals surface area contributed by atoms with Crippen LogP contribution in [0, 0.1) is 11.6 Å². The van der Waals surface area contributed by atoms with Gasteiger partial charge in [-0.3, -0.25) is 9.10 Å². The Morgan fingerprint density at radius 1 is 1.17 bits per heavy atom. The summed E-state index contributed by atoms with van der Waals surface area (Å²) in [5.41, 5.74) is 0.951. The molecule has 3 rings (SSSR count). The van der Waals surface area contributed by atoms with Gasteiger partial charge in [0.1, 0.15) is 11.6 Å². The van der Waals surface area contributed by atoms with E-state index in [1.165, 1.54) is 29.4 Å². The minimum Gasteiger partial charge on any atom is -0.449 e. The number of nitrogens with zero attached hydrogens (tertiary/aromatic N) is 1. The van der Waals surface area contributed by atoms with Crippen LogP contribution in [0.2, 0.25) is 0 Å². The maximum Gasteiger partial charge on any atom is 0.338 e. The monoisotopic (exact) mass is 424 g/mol. The number of rotatable bonds is 5. The van der Waals surface area contributed by atoms with Gasteiger partial charge in [-0.15, -0.1) is 0 Å². The predicted molar refractivity (Wildman–Crippen MR) is 102 cm³/mol. The van der Waals surface area contributed by atoms with Crippen LogP contribution in [0.4, 0.5) is 20.2 Å². The average Bonchev–Trinajstić information content (AvgIpc) is 3.08. The molecule has 1 heterocycles. The number of carbonyl (C=O) groups excluding carboxylic acids is 2. The van der Waals surface area contributed by atoms with Gasteiger partial charge in [-0.1, -0.05) is 0 Å². The molecule has 0 aromatic heterocycles. The number of sulfonamides is 1. The molecule has 1 atom stereocenters. The number of hydrogen-bond acceptors (Lipinski definition) is 5. The van der Waals surface area contributed by atoms with Gasteiger partial charge >= 0.3 is 5.97 Å². The lowest BCUT2D eigenvalue weighted by Crippen LogP contribution is -2.30. The SMILES string of the molecule is CC(OC(=O)c1ccc2c(c1)CCN2S(C)(=O)=O)C(=O)Nc1cc(F)ccc1F. The summed E-state index contributed by atoms with van der Waals surface area (Å²) in [6, 6.07) is 7.02. The number of anilines is 2. The molecule has 7 nitrogen and oxygen atoms in total. The van der Waals surface area contributed by atoms with Crippen LogP contribution in [0.3, 0.4) is 0 Å². The van der Waals surface area contributed by atoms with Gasteiger partial charge in [-0.2, -0.15) is 0 Å². The molecule has 1 aliphatic rings. The van der Waals surface area contributed by atoms with Crippen molar-refractivity contribution in [2.45, 2.75) is 19.4 Å². The third-order valence-electron chi connectivity index (χ3n) is 4.41. The highest BCUT2D eigenvalue weighted by molar-refractivity contribution is 7.92. The molecule has 29 heavy (non-hydrogen) atoms. The topological polar surface area (TPSA) is 92.8 Å². The quantitative estimate of drug-likeness (QED) is 0.745. The molecule has 1 aliphatic heterocycles. The largest absolute Gasteiger partial charge is 0.449 e. The average molecular weight is 424 g/mol. The summed E-state index contributed by atoms with van der Waals surface area (Å²) >= 11 is 0. The van der Waals surface area contributed by atoms with Crippen molar-refractivity contribution in [3.8, 4) is 0 Å². The second-order valence-electron chi connectivity index (χ2n) is 6.59. The lowest BCUT2D eigenvalue weighted by atomic mass is 10.1. The fraction of sp³-hybridized carbons (Fsp3) is 0.263. The number of hydrogen-bond donors (Lipinski definition) is 1. The van der Waals surface area contributed by atoms with Crippen LogP contribution >= 0.6 is 0 Å². The van der Waals surface area contributed by atoms with Crippen LogP contribution < -0.4 is 9.62 Å². The molecule has 1 amide bonds. The van der Waals surface area contributed by atoms with E-state index in [0.717, 1.165) is 24.5 Å². The Kier molecular flexibility index (Phi) is 5.56. The molecule has 0 saturated carbocycles. The molecule has 0 bridgehead atoms. The standard InChI is InChI=1S/C19H18F2N2O5S/c1-11(18(24)22-16-10-14(20)4-5-15(16)21)28-19(25)13-3-6-17-12(9-13)7-8-23(17)29(2,26)27/h3-6,9-11H,7-8H2,1-2H3,(H,22,24). The Bertz CT molecular complexity index is 1090. The summed E-state index contributed by atoms with van der Waals surface area (Å²) in [7, 11) is -3.41. The smallest absolute Gasteiger partial charge is 0.338 e. The van der Waals surface area contributed by atoms with Crippen LogP contribution in [0.25, 0.3) is 0 Å². The molecule has 154 valence electrons. The van der Waals surface area contributed by atoms with E-state index >= 15 is 0 Å². The van der Waals surface area contributed by atoms with E-state index in [1.807, 2.05) is 0 Å². The minimum absolute atomic E-state index is 0.149. The summed E-state index contributed by atoms with van der Waals surface area (Å²) in [5.74, 6) is -3.18. The lowest BCUT2D eigenvalue weighted by Gasteiger charge is -2.17. The van der Waals surface area contributed by atoms with Gasteiger partial charge in [-0.25, -0.2) is 22.0 Å². The van der Waals surface area contributed by atoms with Crippen LogP contribution in [-0.2, 0) is 26.0 Å². The molecule has 2 aromatic carbocycles. The number of esters is 1. The van der Waals surface area contributed by atoms with Crippen molar-refractivity contribution in [3.63, 3.8) is 0 Å². The highest BCUT2D eigenvalue weighted by atomic mass is 32.2. The first-order valence-corrected chi connectivity index (χ1v) is 10.5. The van der Waals surface area contributed by atoms with E-state index in [0.29, 0.717) is 17.7 Å². The predicted octanol–water partition coefficient (Wildman–Crippen LogP) is 2.47. The first-order valence-electron chi connectivity index (χ1n) is 8.64. The van der Waals surface area contributed by atoms with Gasteiger partial charge in [0.25, 0.3) is 5.91 Å². The molecule has 0 aliphatic carbocycles. The fourth-order valence-corrected chi connectivity index (χ4v) is 3.91. The number of fused-ring (bicyclic) bond motifs is 1. The molecule has 0 radical (unpaired) electrons. The fourth-order valence-electron chi connectivity index (χ4n) is 2.95. The number of carbonyl (C=O) groups is 2. The third-order valence-corrected chi connectivity index (χ3v) is 5.59. The Morgan fingerprint density at radius 3 is 2.59 bits per heavy atom. The molecular weight excluding hydrogens is 406 g/mol. The summed E-state index contributed by atoms with van der Waals surface area (Å²) in [6.45, 7) is 1.58. The zero-order valence-electron chi connectivity index (χ0n) is 15.6. The Morgan fingerprint density at radius 2 is 1.90 bits per heavy atom. The molecule has 1 N–H and O–H groups in total. The van der Waals surface area contributed by atoms with Crippen molar-refractivity contribution in [2.75, 3.05) is 22.4 Å². The molecule has 1 unspecified atom stereocenters. The second-order valence-corrected chi connectivity index (χ2v) is 8.50. The van der Waals surface area contributed by atoms with Gasteiger partial charge in [0.05, 0.1) is 23.2 Å². The van der Waals surface area contributed by atoms with Crippen LogP contribution in [0.5, 0.6) is 0 Å². The second kappa shape index (κ2) is 7.78. The van der Waals surface area contributed by atoms with Gasteiger partial charge < -0.3 is 10.1 Å². The van der Waals surface area contributed by atoms with E-state index < -0.39 is 39.6 Å². The maximum absolute atomic E-state index is 13.6. The van der Waals surface area contributed by atoms with Crippen LogP contribution in [0.1, 0.15) is 22.8 Å². The van der Waals surface area contributed by atoms with Gasteiger partial charge in [0.15, 0.2) is 6.10 Å². The number of benzene rings is 2. The molecule has 0 spiro atoms. The highest BCUT2D eigenvalue weighted by Crippen LogP contribution is 2.31. The summed E-state index contributed by atoms with van der Waals surface area (Å²) < 4.78 is 56.7. The Labute approximate surface area is 166 Å². The summed E-state index contributed by atoms with van der Waals surface area (Å²) in [6.07, 6.45) is 0.274. The molecule has 0 fully saturated rings. The van der Waals surface area contributed by atoms with Gasteiger partial charge in [0.2, 0.25) is 10.0 Å². The van der Waals surface area contributed by atoms with E-state index in [-0.39, 0.29) is 17.8 Å². The molecule has 0 saturated heterocycles. The van der Waals surface area contributed by atoms with Crippen molar-refractivity contribution in [3.05, 3.63) is 59.2 Å². The number of halogens is 2. The van der Waals surface area contributed by atoms with E-state index in [1.54, 1.807) is 0 Å². The zero-order valence-corrected chi connectivity index (χ0v) is 16.4. The lowest BCUT2D eigenvalue weighted by molar-refractivity contribution is -0.123. The molecular formula is C19H18F2N2O5S. The summed E-state index contributed by atoms with van der Waals surface area (Å²) in [5, 5.41) is 2.17.